The number of amides is 1. The van der Waals surface area contributed by atoms with Gasteiger partial charge in [-0.3, -0.25) is 9.69 Å². The first kappa shape index (κ1) is 22.8. The van der Waals surface area contributed by atoms with Crippen molar-refractivity contribution in [3.05, 3.63) is 76.7 Å². The van der Waals surface area contributed by atoms with E-state index in [-0.39, 0.29) is 23.3 Å². The molecule has 0 aliphatic carbocycles. The maximum atomic E-state index is 13.2. The number of carbonyl (C=O) groups excluding carboxylic acids is 1. The molecule has 0 radical (unpaired) electrons. The smallest absolute Gasteiger partial charge is 0.263 e. The summed E-state index contributed by atoms with van der Waals surface area (Å²) < 4.78 is 0. The Kier molecular flexibility index (Phi) is 6.36. The maximum absolute atomic E-state index is 13.2. The summed E-state index contributed by atoms with van der Waals surface area (Å²) in [6.07, 6.45) is 1.75. The van der Waals surface area contributed by atoms with Crippen LogP contribution in [0.3, 0.4) is 0 Å². The fourth-order valence-corrected chi connectivity index (χ4v) is 5.69. The molecule has 4 aromatic rings. The summed E-state index contributed by atoms with van der Waals surface area (Å²) in [4.78, 5) is 21.0. The third-order valence-corrected chi connectivity index (χ3v) is 7.56. The van der Waals surface area contributed by atoms with E-state index in [4.69, 9.17) is 11.5 Å². The van der Waals surface area contributed by atoms with Crippen molar-refractivity contribution in [1.82, 2.24) is 15.2 Å². The Hall–Kier alpha value is -3.93. The van der Waals surface area contributed by atoms with Gasteiger partial charge in [-0.15, -0.1) is 11.3 Å². The number of hydrogen-bond donors (Lipinski definition) is 3. The Morgan fingerprint density at radius 2 is 1.74 bits per heavy atom. The van der Waals surface area contributed by atoms with Crippen LogP contribution < -0.4 is 16.8 Å². The van der Waals surface area contributed by atoms with Gasteiger partial charge in [0.15, 0.2) is 0 Å². The van der Waals surface area contributed by atoms with Crippen molar-refractivity contribution in [3.8, 4) is 17.2 Å². The largest absolute Gasteiger partial charge is 0.397 e. The SMILES string of the molecule is N#Cc1c(N)nc2sc(C(=O)NC3CCN(Cc4ccccc4)CC3)c(N)c2c1-c1ccccc1. The van der Waals surface area contributed by atoms with Gasteiger partial charge >= 0.3 is 0 Å². The van der Waals surface area contributed by atoms with Crippen molar-refractivity contribution in [2.45, 2.75) is 25.4 Å². The van der Waals surface area contributed by atoms with Gasteiger partial charge in [0.1, 0.15) is 27.2 Å². The number of nitrogen functional groups attached to an aromatic ring is 2. The van der Waals surface area contributed by atoms with Gasteiger partial charge in [-0.2, -0.15) is 5.26 Å². The van der Waals surface area contributed by atoms with Crippen molar-refractivity contribution < 1.29 is 4.79 Å². The molecule has 1 aliphatic rings. The van der Waals surface area contributed by atoms with E-state index >= 15 is 0 Å². The summed E-state index contributed by atoms with van der Waals surface area (Å²) in [6, 6.07) is 22.1. The number of nitrogens with two attached hydrogens (primary N) is 2. The Morgan fingerprint density at radius 1 is 1.09 bits per heavy atom. The second-order valence-electron chi connectivity index (χ2n) is 8.76. The molecule has 1 saturated heterocycles. The predicted molar refractivity (Wildman–Crippen MR) is 141 cm³/mol. The third-order valence-electron chi connectivity index (χ3n) is 6.46. The molecular formula is C27H26N6OS. The molecule has 0 bridgehead atoms. The summed E-state index contributed by atoms with van der Waals surface area (Å²) >= 11 is 1.22. The lowest BCUT2D eigenvalue weighted by Crippen LogP contribution is -2.44. The molecule has 0 saturated carbocycles. The monoisotopic (exact) mass is 482 g/mol. The number of nitriles is 1. The van der Waals surface area contributed by atoms with Crippen LogP contribution >= 0.6 is 11.3 Å². The van der Waals surface area contributed by atoms with E-state index in [0.717, 1.165) is 38.0 Å². The molecule has 1 aliphatic heterocycles. The molecule has 1 amide bonds. The quantitative estimate of drug-likeness (QED) is 0.388. The number of nitrogens with one attached hydrogen (secondary N) is 1. The molecule has 1 fully saturated rings. The molecule has 0 atom stereocenters. The number of pyridine rings is 1. The highest BCUT2D eigenvalue weighted by Gasteiger charge is 2.26. The van der Waals surface area contributed by atoms with Crippen molar-refractivity contribution in [2.24, 2.45) is 0 Å². The van der Waals surface area contributed by atoms with Crippen LogP contribution in [0.2, 0.25) is 0 Å². The number of hydrogen-bond acceptors (Lipinski definition) is 7. The first-order valence-corrected chi connectivity index (χ1v) is 12.4. The highest BCUT2D eigenvalue weighted by atomic mass is 32.1. The van der Waals surface area contributed by atoms with Crippen molar-refractivity contribution in [2.75, 3.05) is 24.6 Å². The number of piperidine rings is 1. The lowest BCUT2D eigenvalue weighted by Gasteiger charge is -2.32. The fourth-order valence-electron chi connectivity index (χ4n) is 4.67. The van der Waals surface area contributed by atoms with E-state index in [2.05, 4.69) is 45.5 Å². The molecule has 2 aromatic carbocycles. The molecule has 8 heteroatoms. The Morgan fingerprint density at radius 3 is 2.40 bits per heavy atom. The average molecular weight is 483 g/mol. The zero-order valence-corrected chi connectivity index (χ0v) is 20.0. The summed E-state index contributed by atoms with van der Waals surface area (Å²) in [5, 5.41) is 13.5. The number of thiophene rings is 1. The molecule has 176 valence electrons. The van der Waals surface area contributed by atoms with Crippen LogP contribution in [0.1, 0.15) is 33.6 Å². The first-order valence-electron chi connectivity index (χ1n) is 11.6. The van der Waals surface area contributed by atoms with Gasteiger partial charge in [0.25, 0.3) is 5.91 Å². The van der Waals surface area contributed by atoms with Gasteiger partial charge in [-0.25, -0.2) is 4.98 Å². The minimum atomic E-state index is -0.205. The van der Waals surface area contributed by atoms with Gasteiger partial charge in [0.2, 0.25) is 0 Å². The highest BCUT2D eigenvalue weighted by Crippen LogP contribution is 2.42. The van der Waals surface area contributed by atoms with Crippen LogP contribution in [0.4, 0.5) is 11.5 Å². The summed E-state index contributed by atoms with van der Waals surface area (Å²) in [7, 11) is 0. The van der Waals surface area contributed by atoms with E-state index in [9.17, 15) is 10.1 Å². The standard InChI is InChI=1S/C27H26N6OS/c28-15-20-21(18-9-5-2-6-10-18)22-23(29)24(35-27(22)32-25(20)30)26(34)31-19-11-13-33(14-12-19)16-17-7-3-1-4-8-17/h1-10,19H,11-14,16,29H2,(H2,30,32)(H,31,34). The second-order valence-corrected chi connectivity index (χ2v) is 9.76. The molecule has 3 heterocycles. The number of aromatic nitrogens is 1. The maximum Gasteiger partial charge on any atom is 0.263 e. The number of nitrogens with zero attached hydrogens (tertiary/aromatic N) is 3. The number of rotatable bonds is 5. The van der Waals surface area contributed by atoms with Crippen molar-refractivity contribution in [3.63, 3.8) is 0 Å². The first-order chi connectivity index (χ1) is 17.0. The lowest BCUT2D eigenvalue weighted by molar-refractivity contribution is 0.0914. The van der Waals surface area contributed by atoms with Crippen molar-refractivity contribution in [1.29, 1.82) is 5.26 Å². The van der Waals surface area contributed by atoms with Crippen LogP contribution in [0.25, 0.3) is 21.3 Å². The molecular weight excluding hydrogens is 456 g/mol. The Labute approximate surface area is 208 Å². The highest BCUT2D eigenvalue weighted by molar-refractivity contribution is 7.21. The predicted octanol–water partition coefficient (Wildman–Crippen LogP) is 4.39. The second kappa shape index (κ2) is 9.74. The zero-order chi connectivity index (χ0) is 24.4. The topological polar surface area (TPSA) is 121 Å². The molecule has 35 heavy (non-hydrogen) atoms. The molecule has 7 nitrogen and oxygen atoms in total. The number of likely N-dealkylation sites (tertiary alicyclic amines) is 1. The summed E-state index contributed by atoms with van der Waals surface area (Å²) in [6.45, 7) is 2.76. The fraction of sp³-hybridized carbons (Fsp3) is 0.222. The number of fused-ring (bicyclic) bond motifs is 1. The van der Waals surface area contributed by atoms with Gasteiger partial charge in [0.05, 0.1) is 5.69 Å². The van der Waals surface area contributed by atoms with Crippen LogP contribution in [0, 0.1) is 11.3 Å². The molecule has 2 aromatic heterocycles. The average Bonchev–Trinajstić information content (AvgIpc) is 3.21. The van der Waals surface area contributed by atoms with E-state index in [1.54, 1.807) is 0 Å². The van der Waals surface area contributed by atoms with Crippen LogP contribution in [-0.4, -0.2) is 34.9 Å². The summed E-state index contributed by atoms with van der Waals surface area (Å²) in [5.41, 5.74) is 16.0. The van der Waals surface area contributed by atoms with Crippen LogP contribution in [0.15, 0.2) is 60.7 Å². The minimum Gasteiger partial charge on any atom is -0.397 e. The van der Waals surface area contributed by atoms with Gasteiger partial charge < -0.3 is 16.8 Å². The number of anilines is 2. The van der Waals surface area contributed by atoms with Gasteiger partial charge in [-0.05, 0) is 24.0 Å². The Bertz CT molecular complexity index is 1400. The van der Waals surface area contributed by atoms with Crippen LogP contribution in [-0.2, 0) is 6.54 Å². The van der Waals surface area contributed by atoms with E-state index in [1.165, 1.54) is 16.9 Å². The minimum absolute atomic E-state index is 0.0837. The Balaban J connectivity index is 1.37. The normalized spacial score (nSPS) is 14.6. The lowest BCUT2D eigenvalue weighted by atomic mass is 9.97. The zero-order valence-electron chi connectivity index (χ0n) is 19.2. The number of carbonyl (C=O) groups is 1. The summed E-state index contributed by atoms with van der Waals surface area (Å²) in [5.74, 6) is -0.0686. The molecule has 0 unspecified atom stereocenters. The third kappa shape index (κ3) is 4.56. The van der Waals surface area contributed by atoms with E-state index in [0.29, 0.717) is 26.3 Å². The van der Waals surface area contributed by atoms with Gasteiger partial charge in [0, 0.05) is 36.6 Å². The molecule has 5 N–H and O–H groups in total. The van der Waals surface area contributed by atoms with E-state index in [1.807, 2.05) is 36.4 Å². The van der Waals surface area contributed by atoms with Crippen molar-refractivity contribution >= 4 is 39.0 Å². The number of benzene rings is 2. The molecule has 5 rings (SSSR count). The molecule has 0 spiro atoms. The van der Waals surface area contributed by atoms with Gasteiger partial charge in [-0.1, -0.05) is 60.7 Å². The van der Waals surface area contributed by atoms with E-state index < -0.39 is 0 Å². The van der Waals surface area contributed by atoms with Crippen LogP contribution in [0.5, 0.6) is 0 Å².